The van der Waals surface area contributed by atoms with Crippen LogP contribution in [-0.2, 0) is 6.54 Å². The fourth-order valence-corrected chi connectivity index (χ4v) is 2.28. The third kappa shape index (κ3) is 3.97. The van der Waals surface area contributed by atoms with E-state index in [0.717, 1.165) is 11.1 Å². The van der Waals surface area contributed by atoms with Gasteiger partial charge in [-0.25, -0.2) is 4.39 Å². The molecule has 0 fully saturated rings. The Morgan fingerprint density at radius 3 is 2.64 bits per heavy atom. The third-order valence-electron chi connectivity index (χ3n) is 3.34. The van der Waals surface area contributed by atoms with Gasteiger partial charge in [-0.15, -0.1) is 0 Å². The Kier molecular flexibility index (Phi) is 5.77. The molecule has 0 bridgehead atoms. The maximum absolute atomic E-state index is 13.9. The van der Waals surface area contributed by atoms with Crippen LogP contribution in [-0.4, -0.2) is 12.2 Å². The zero-order valence-electron chi connectivity index (χ0n) is 12.6. The number of ether oxygens (including phenoxy) is 1. The Balaban J connectivity index is 2.37. The minimum absolute atomic E-state index is 0.102. The summed E-state index contributed by atoms with van der Waals surface area (Å²) >= 11 is 5.75. The van der Waals surface area contributed by atoms with Crippen LogP contribution in [0.1, 0.15) is 30.6 Å². The molecule has 0 saturated heterocycles. The van der Waals surface area contributed by atoms with Gasteiger partial charge in [-0.3, -0.25) is 0 Å². The van der Waals surface area contributed by atoms with Crippen LogP contribution in [0.3, 0.4) is 0 Å². The summed E-state index contributed by atoms with van der Waals surface area (Å²) in [6, 6.07) is 9.74. The van der Waals surface area contributed by atoms with Gasteiger partial charge in [0.15, 0.2) is 11.6 Å². The van der Waals surface area contributed by atoms with Gasteiger partial charge < -0.3 is 15.2 Å². The highest BCUT2D eigenvalue weighted by atomic mass is 35.5. The van der Waals surface area contributed by atoms with Crippen molar-refractivity contribution in [2.45, 2.75) is 26.0 Å². The van der Waals surface area contributed by atoms with Crippen molar-refractivity contribution in [3.63, 3.8) is 0 Å². The Morgan fingerprint density at radius 2 is 2.00 bits per heavy atom. The van der Waals surface area contributed by atoms with E-state index in [4.69, 9.17) is 16.3 Å². The van der Waals surface area contributed by atoms with E-state index >= 15 is 0 Å². The smallest absolute Gasteiger partial charge is 0.167 e. The lowest BCUT2D eigenvalue weighted by Crippen LogP contribution is -2.07. The molecule has 0 aliphatic heterocycles. The summed E-state index contributed by atoms with van der Waals surface area (Å²) in [5, 5.41) is 13.3. The van der Waals surface area contributed by atoms with Crippen LogP contribution in [0.5, 0.6) is 11.5 Å². The lowest BCUT2D eigenvalue weighted by atomic mass is 10.0. The summed E-state index contributed by atoms with van der Waals surface area (Å²) in [7, 11) is 1.82. The van der Waals surface area contributed by atoms with Crippen LogP contribution in [0.15, 0.2) is 36.4 Å². The van der Waals surface area contributed by atoms with Gasteiger partial charge in [-0.1, -0.05) is 30.7 Å². The number of nitrogens with one attached hydrogen (secondary N) is 1. The van der Waals surface area contributed by atoms with Crippen LogP contribution in [0.25, 0.3) is 0 Å². The third-order valence-corrected chi connectivity index (χ3v) is 3.58. The number of aliphatic hydroxyl groups is 1. The second kappa shape index (κ2) is 7.58. The minimum Gasteiger partial charge on any atom is -0.454 e. The molecule has 0 radical (unpaired) electrons. The van der Waals surface area contributed by atoms with Gasteiger partial charge in [0.05, 0.1) is 6.10 Å². The molecule has 0 saturated carbocycles. The second-order valence-corrected chi connectivity index (χ2v) is 5.43. The van der Waals surface area contributed by atoms with Crippen LogP contribution < -0.4 is 10.1 Å². The van der Waals surface area contributed by atoms with E-state index in [9.17, 15) is 9.50 Å². The molecular formula is C17H19ClFNO2. The maximum atomic E-state index is 13.9. The van der Waals surface area contributed by atoms with Gasteiger partial charge in [-0.05, 0) is 43.3 Å². The van der Waals surface area contributed by atoms with E-state index in [-0.39, 0.29) is 5.75 Å². The van der Waals surface area contributed by atoms with Crippen LogP contribution in [0, 0.1) is 5.82 Å². The van der Waals surface area contributed by atoms with Crippen molar-refractivity contribution < 1.29 is 14.2 Å². The van der Waals surface area contributed by atoms with Gasteiger partial charge >= 0.3 is 0 Å². The standard InChI is InChI=1S/C17H19ClFNO2/c1-3-15(21)11-4-5-12(10-20-2)17(8-11)22-16-7-6-13(18)9-14(16)19/h4-9,15,20-21H,3,10H2,1-2H3. The summed E-state index contributed by atoms with van der Waals surface area (Å²) in [5.74, 6) is 0.0924. The second-order valence-electron chi connectivity index (χ2n) is 5.00. The van der Waals surface area contributed by atoms with Gasteiger partial charge in [-0.2, -0.15) is 0 Å². The predicted octanol–water partition coefficient (Wildman–Crippen LogP) is 4.43. The molecule has 0 amide bonds. The van der Waals surface area contributed by atoms with Crippen LogP contribution >= 0.6 is 11.6 Å². The van der Waals surface area contributed by atoms with E-state index < -0.39 is 11.9 Å². The highest BCUT2D eigenvalue weighted by Gasteiger charge is 2.13. The molecule has 3 nitrogen and oxygen atoms in total. The molecule has 0 aromatic heterocycles. The lowest BCUT2D eigenvalue weighted by Gasteiger charge is -2.15. The Labute approximate surface area is 134 Å². The monoisotopic (exact) mass is 323 g/mol. The molecule has 2 rings (SSSR count). The minimum atomic E-state index is -0.568. The van der Waals surface area contributed by atoms with Crippen molar-refractivity contribution in [2.75, 3.05) is 7.05 Å². The summed E-state index contributed by atoms with van der Waals surface area (Å²) in [5.41, 5.74) is 1.62. The van der Waals surface area contributed by atoms with Gasteiger partial charge in [0, 0.05) is 17.1 Å². The van der Waals surface area contributed by atoms with E-state index in [1.165, 1.54) is 12.1 Å². The number of hydrogen-bond donors (Lipinski definition) is 2. The largest absolute Gasteiger partial charge is 0.454 e. The maximum Gasteiger partial charge on any atom is 0.167 e. The summed E-state index contributed by atoms with van der Waals surface area (Å²) in [6.07, 6.45) is 0.0289. The number of aliphatic hydroxyl groups excluding tert-OH is 1. The number of benzene rings is 2. The van der Waals surface area contributed by atoms with Gasteiger partial charge in [0.25, 0.3) is 0 Å². The van der Waals surface area contributed by atoms with Gasteiger partial charge in [0.2, 0.25) is 0 Å². The summed E-state index contributed by atoms with van der Waals surface area (Å²) in [4.78, 5) is 0. The van der Waals surface area contributed by atoms with Crippen molar-refractivity contribution in [3.05, 3.63) is 58.4 Å². The molecular weight excluding hydrogens is 305 g/mol. The average Bonchev–Trinajstić information content (AvgIpc) is 2.51. The van der Waals surface area contributed by atoms with Gasteiger partial charge in [0.1, 0.15) is 5.75 Å². The Hall–Kier alpha value is -1.62. The van der Waals surface area contributed by atoms with E-state index in [0.29, 0.717) is 23.7 Å². The fourth-order valence-electron chi connectivity index (χ4n) is 2.12. The highest BCUT2D eigenvalue weighted by Crippen LogP contribution is 2.31. The molecule has 2 N–H and O–H groups in total. The zero-order valence-corrected chi connectivity index (χ0v) is 13.3. The number of halogens is 2. The first-order valence-corrected chi connectivity index (χ1v) is 7.51. The molecule has 22 heavy (non-hydrogen) atoms. The summed E-state index contributed by atoms with van der Waals surface area (Å²) < 4.78 is 19.6. The van der Waals surface area contributed by atoms with Crippen molar-refractivity contribution in [1.29, 1.82) is 0 Å². The quantitative estimate of drug-likeness (QED) is 0.826. The van der Waals surface area contributed by atoms with Crippen molar-refractivity contribution in [2.24, 2.45) is 0 Å². The first kappa shape index (κ1) is 16.7. The Bertz CT molecular complexity index is 649. The topological polar surface area (TPSA) is 41.5 Å². The normalized spacial score (nSPS) is 12.2. The van der Waals surface area contributed by atoms with E-state index in [1.54, 1.807) is 12.1 Å². The summed E-state index contributed by atoms with van der Waals surface area (Å²) in [6.45, 7) is 2.47. The number of hydrogen-bond acceptors (Lipinski definition) is 3. The lowest BCUT2D eigenvalue weighted by molar-refractivity contribution is 0.173. The SMILES string of the molecule is CCC(O)c1ccc(CNC)c(Oc2ccc(Cl)cc2F)c1. The molecule has 1 unspecified atom stereocenters. The molecule has 0 aliphatic carbocycles. The molecule has 5 heteroatoms. The van der Waals surface area contributed by atoms with Crippen molar-refractivity contribution in [1.82, 2.24) is 5.32 Å². The van der Waals surface area contributed by atoms with Crippen LogP contribution in [0.4, 0.5) is 4.39 Å². The van der Waals surface area contributed by atoms with Crippen molar-refractivity contribution in [3.8, 4) is 11.5 Å². The molecule has 0 aliphatic rings. The predicted molar refractivity (Wildman–Crippen MR) is 85.9 cm³/mol. The van der Waals surface area contributed by atoms with Crippen LogP contribution in [0.2, 0.25) is 5.02 Å². The van der Waals surface area contributed by atoms with Crippen molar-refractivity contribution >= 4 is 11.6 Å². The zero-order chi connectivity index (χ0) is 16.1. The Morgan fingerprint density at radius 1 is 1.23 bits per heavy atom. The molecule has 2 aromatic carbocycles. The van der Waals surface area contributed by atoms with E-state index in [2.05, 4.69) is 5.32 Å². The molecule has 118 valence electrons. The van der Waals surface area contributed by atoms with E-state index in [1.807, 2.05) is 26.1 Å². The highest BCUT2D eigenvalue weighted by molar-refractivity contribution is 6.30. The fraction of sp³-hybridized carbons (Fsp3) is 0.294. The number of rotatable bonds is 6. The molecule has 1 atom stereocenters. The average molecular weight is 324 g/mol. The first-order valence-electron chi connectivity index (χ1n) is 7.13. The first-order chi connectivity index (χ1) is 10.5. The molecule has 2 aromatic rings. The molecule has 0 spiro atoms. The molecule has 0 heterocycles.